The van der Waals surface area contributed by atoms with E-state index in [1.165, 1.54) is 16.6 Å². The molecule has 0 amide bonds. The van der Waals surface area contributed by atoms with Crippen molar-refractivity contribution in [1.82, 2.24) is 4.57 Å². The summed E-state index contributed by atoms with van der Waals surface area (Å²) in [6, 6.07) is 10.6. The predicted molar refractivity (Wildman–Crippen MR) is 62.8 cm³/mol. The van der Waals surface area contributed by atoms with Crippen LogP contribution in [0.5, 0.6) is 0 Å². The normalized spacial score (nSPS) is 10.1. The number of para-hydroxylation sites is 1. The summed E-state index contributed by atoms with van der Waals surface area (Å²) >= 11 is 0. The molecule has 0 fully saturated rings. The molecule has 0 aliphatic carbocycles. The number of nitrogens with zero attached hydrogens (tertiary/aromatic N) is 1. The molecule has 0 aliphatic heterocycles. The van der Waals surface area contributed by atoms with Crippen molar-refractivity contribution in [3.63, 3.8) is 0 Å². The summed E-state index contributed by atoms with van der Waals surface area (Å²) in [5, 5.41) is 1.28. The van der Waals surface area contributed by atoms with Crippen molar-refractivity contribution in [1.29, 1.82) is 0 Å². The lowest BCUT2D eigenvalue weighted by Crippen LogP contribution is -2.05. The highest BCUT2D eigenvalue weighted by molar-refractivity contribution is 5.85. The first-order valence-electron chi connectivity index (χ1n) is 4.64. The number of rotatable bonds is 2. The van der Waals surface area contributed by atoms with Crippen LogP contribution in [0.25, 0.3) is 10.9 Å². The van der Waals surface area contributed by atoms with Crippen LogP contribution in [0.3, 0.4) is 0 Å². The monoisotopic (exact) mass is 210 g/mol. The molecule has 0 saturated carbocycles. The Hall–Kier alpha value is -0.990. The molecule has 76 valence electrons. The molecule has 3 heteroatoms. The summed E-state index contributed by atoms with van der Waals surface area (Å²) in [6.07, 6.45) is 0. The topological polar surface area (TPSA) is 30.9 Å². The summed E-state index contributed by atoms with van der Waals surface area (Å²) in [7, 11) is 0. The van der Waals surface area contributed by atoms with Gasteiger partial charge in [-0.2, -0.15) is 0 Å². The number of halogens is 1. The van der Waals surface area contributed by atoms with Gasteiger partial charge in [0.05, 0.1) is 0 Å². The van der Waals surface area contributed by atoms with Crippen molar-refractivity contribution in [2.75, 3.05) is 0 Å². The van der Waals surface area contributed by atoms with Gasteiger partial charge in [-0.05, 0) is 24.4 Å². The molecule has 1 aromatic carbocycles. The SMILES string of the molecule is CCn1c(CN)cc2ccccc21.Cl. The second kappa shape index (κ2) is 4.49. The number of nitrogens with two attached hydrogens (primary N) is 1. The number of aromatic nitrogens is 1. The number of hydrogen-bond acceptors (Lipinski definition) is 1. The zero-order valence-corrected chi connectivity index (χ0v) is 9.05. The molecule has 1 heterocycles. The Balaban J connectivity index is 0.000000980. The number of fused-ring (bicyclic) bond motifs is 1. The molecule has 0 atom stereocenters. The van der Waals surface area contributed by atoms with Gasteiger partial charge in [0, 0.05) is 24.3 Å². The zero-order chi connectivity index (χ0) is 9.26. The second-order valence-electron chi connectivity index (χ2n) is 3.14. The maximum absolute atomic E-state index is 5.67. The van der Waals surface area contributed by atoms with E-state index in [-0.39, 0.29) is 12.4 Å². The molecule has 2 nitrogen and oxygen atoms in total. The lowest BCUT2D eigenvalue weighted by atomic mass is 10.2. The van der Waals surface area contributed by atoms with Gasteiger partial charge in [0.2, 0.25) is 0 Å². The highest BCUT2D eigenvalue weighted by Crippen LogP contribution is 2.18. The van der Waals surface area contributed by atoms with Gasteiger partial charge < -0.3 is 10.3 Å². The summed E-state index contributed by atoms with van der Waals surface area (Å²) in [4.78, 5) is 0. The summed E-state index contributed by atoms with van der Waals surface area (Å²) in [6.45, 7) is 3.74. The van der Waals surface area contributed by atoms with E-state index >= 15 is 0 Å². The van der Waals surface area contributed by atoms with Gasteiger partial charge in [-0.3, -0.25) is 0 Å². The molecule has 2 rings (SSSR count). The second-order valence-corrected chi connectivity index (χ2v) is 3.14. The fourth-order valence-corrected chi connectivity index (χ4v) is 1.81. The molecule has 1 aromatic heterocycles. The van der Waals surface area contributed by atoms with Gasteiger partial charge in [-0.25, -0.2) is 0 Å². The average Bonchev–Trinajstić information content (AvgIpc) is 2.55. The average molecular weight is 211 g/mol. The fraction of sp³-hybridized carbons (Fsp3) is 0.273. The fourth-order valence-electron chi connectivity index (χ4n) is 1.81. The number of hydrogen-bond donors (Lipinski definition) is 1. The van der Waals surface area contributed by atoms with E-state index in [9.17, 15) is 0 Å². The lowest BCUT2D eigenvalue weighted by Gasteiger charge is -2.04. The Morgan fingerprint density at radius 1 is 1.29 bits per heavy atom. The molecule has 0 unspecified atom stereocenters. The molecule has 0 aliphatic rings. The van der Waals surface area contributed by atoms with Crippen LogP contribution in [0, 0.1) is 0 Å². The van der Waals surface area contributed by atoms with Crippen LogP contribution >= 0.6 is 12.4 Å². The third kappa shape index (κ3) is 1.63. The molecule has 0 saturated heterocycles. The van der Waals surface area contributed by atoms with Crippen molar-refractivity contribution in [2.24, 2.45) is 5.73 Å². The Bertz CT molecular complexity index is 420. The highest BCUT2D eigenvalue weighted by Gasteiger charge is 2.03. The van der Waals surface area contributed by atoms with E-state index in [0.717, 1.165) is 6.54 Å². The summed E-state index contributed by atoms with van der Waals surface area (Å²) in [5.41, 5.74) is 8.16. The maximum atomic E-state index is 5.67. The quantitative estimate of drug-likeness (QED) is 0.812. The highest BCUT2D eigenvalue weighted by atomic mass is 35.5. The van der Waals surface area contributed by atoms with E-state index in [1.807, 2.05) is 0 Å². The molecule has 2 N–H and O–H groups in total. The van der Waals surface area contributed by atoms with Crippen LogP contribution in [0.2, 0.25) is 0 Å². The minimum absolute atomic E-state index is 0. The van der Waals surface area contributed by atoms with Crippen LogP contribution in [-0.2, 0) is 13.1 Å². The standard InChI is InChI=1S/C11H14N2.ClH/c1-2-13-10(8-12)7-9-5-3-4-6-11(9)13;/h3-7H,2,8,12H2,1H3;1H. The van der Waals surface area contributed by atoms with E-state index in [1.54, 1.807) is 0 Å². The molecule has 0 radical (unpaired) electrons. The summed E-state index contributed by atoms with van der Waals surface area (Å²) in [5.74, 6) is 0. The number of aryl methyl sites for hydroxylation is 1. The Kier molecular flexibility index (Phi) is 3.55. The predicted octanol–water partition coefficient (Wildman–Crippen LogP) is 2.54. The van der Waals surface area contributed by atoms with Crippen molar-refractivity contribution in [3.8, 4) is 0 Å². The minimum Gasteiger partial charge on any atom is -0.344 e. The first-order chi connectivity index (χ1) is 6.36. The largest absolute Gasteiger partial charge is 0.344 e. The van der Waals surface area contributed by atoms with Crippen molar-refractivity contribution < 1.29 is 0 Å². The van der Waals surface area contributed by atoms with Crippen molar-refractivity contribution in [2.45, 2.75) is 20.0 Å². The third-order valence-electron chi connectivity index (χ3n) is 2.42. The molecule has 14 heavy (non-hydrogen) atoms. The van der Waals surface area contributed by atoms with E-state index in [0.29, 0.717) is 6.54 Å². The van der Waals surface area contributed by atoms with E-state index in [2.05, 4.69) is 41.8 Å². The first-order valence-corrected chi connectivity index (χ1v) is 4.64. The van der Waals surface area contributed by atoms with Crippen LogP contribution in [0.4, 0.5) is 0 Å². The number of benzene rings is 1. The maximum Gasteiger partial charge on any atom is 0.0482 e. The Morgan fingerprint density at radius 3 is 2.64 bits per heavy atom. The van der Waals surface area contributed by atoms with Gasteiger partial charge in [-0.15, -0.1) is 12.4 Å². The van der Waals surface area contributed by atoms with Crippen LogP contribution < -0.4 is 5.73 Å². The Labute approximate surface area is 90.1 Å². The summed E-state index contributed by atoms with van der Waals surface area (Å²) < 4.78 is 2.26. The van der Waals surface area contributed by atoms with Crippen LogP contribution in [0.1, 0.15) is 12.6 Å². The first kappa shape index (κ1) is 11.1. The van der Waals surface area contributed by atoms with E-state index in [4.69, 9.17) is 5.73 Å². The lowest BCUT2D eigenvalue weighted by molar-refractivity contribution is 0.739. The Morgan fingerprint density at radius 2 is 2.00 bits per heavy atom. The van der Waals surface area contributed by atoms with E-state index < -0.39 is 0 Å². The van der Waals surface area contributed by atoms with Gasteiger partial charge in [0.15, 0.2) is 0 Å². The molecule has 0 bridgehead atoms. The van der Waals surface area contributed by atoms with Crippen molar-refractivity contribution >= 4 is 23.3 Å². The molecular weight excluding hydrogens is 196 g/mol. The molecular formula is C11H15ClN2. The van der Waals surface area contributed by atoms with Crippen molar-refractivity contribution in [3.05, 3.63) is 36.0 Å². The molecule has 2 aromatic rings. The third-order valence-corrected chi connectivity index (χ3v) is 2.42. The van der Waals surface area contributed by atoms with Gasteiger partial charge in [0.25, 0.3) is 0 Å². The minimum atomic E-state index is 0. The van der Waals surface area contributed by atoms with Crippen LogP contribution in [0.15, 0.2) is 30.3 Å². The van der Waals surface area contributed by atoms with Crippen LogP contribution in [-0.4, -0.2) is 4.57 Å². The van der Waals surface area contributed by atoms with Gasteiger partial charge in [0.1, 0.15) is 0 Å². The molecule has 0 spiro atoms. The van der Waals surface area contributed by atoms with Gasteiger partial charge in [-0.1, -0.05) is 18.2 Å². The smallest absolute Gasteiger partial charge is 0.0482 e. The zero-order valence-electron chi connectivity index (χ0n) is 8.23. The van der Waals surface area contributed by atoms with Gasteiger partial charge >= 0.3 is 0 Å².